The highest BCUT2D eigenvalue weighted by Gasteiger charge is 2.31. The molecule has 0 saturated heterocycles. The van der Waals surface area contributed by atoms with Crippen molar-refractivity contribution in [3.8, 4) is 0 Å². The van der Waals surface area contributed by atoms with E-state index < -0.39 is 17.3 Å². The van der Waals surface area contributed by atoms with Crippen LogP contribution in [0.25, 0.3) is 10.8 Å². The second kappa shape index (κ2) is 8.14. The SMILES string of the molecule is CC(C)c1nn(CC(=O)N[C@H]2CC[C@H](O)CC2)c(=O)c2ccc(C(F)(F)F)cc12. The minimum Gasteiger partial charge on any atom is -0.393 e. The molecule has 2 N–H and O–H groups in total. The second-order valence-electron chi connectivity index (χ2n) is 7.83. The van der Waals surface area contributed by atoms with Crippen molar-refractivity contribution in [1.82, 2.24) is 15.1 Å². The maximum absolute atomic E-state index is 13.1. The number of carbonyl (C=O) groups is 1. The van der Waals surface area contributed by atoms with Crippen molar-refractivity contribution in [3.63, 3.8) is 0 Å². The Hall–Kier alpha value is -2.42. The zero-order valence-corrected chi connectivity index (χ0v) is 16.3. The van der Waals surface area contributed by atoms with Gasteiger partial charge in [-0.2, -0.15) is 18.3 Å². The van der Waals surface area contributed by atoms with Crippen LogP contribution in [0, 0.1) is 0 Å². The lowest BCUT2D eigenvalue weighted by Gasteiger charge is -2.26. The number of amides is 1. The van der Waals surface area contributed by atoms with E-state index in [0.29, 0.717) is 31.4 Å². The van der Waals surface area contributed by atoms with Crippen molar-refractivity contribution in [2.45, 2.75) is 70.3 Å². The first-order valence-electron chi connectivity index (χ1n) is 9.65. The molecule has 0 radical (unpaired) electrons. The van der Waals surface area contributed by atoms with Crippen molar-refractivity contribution in [2.75, 3.05) is 0 Å². The van der Waals surface area contributed by atoms with E-state index in [0.717, 1.165) is 22.9 Å². The van der Waals surface area contributed by atoms with Crippen LogP contribution in [0.4, 0.5) is 13.2 Å². The van der Waals surface area contributed by atoms with Crippen LogP contribution in [0.5, 0.6) is 0 Å². The highest BCUT2D eigenvalue weighted by atomic mass is 19.4. The van der Waals surface area contributed by atoms with E-state index in [-0.39, 0.29) is 41.3 Å². The normalized spacial score (nSPS) is 20.2. The highest BCUT2D eigenvalue weighted by molar-refractivity contribution is 5.85. The molecule has 0 bridgehead atoms. The van der Waals surface area contributed by atoms with E-state index in [4.69, 9.17) is 0 Å². The maximum Gasteiger partial charge on any atom is 0.416 e. The smallest absolute Gasteiger partial charge is 0.393 e. The number of aromatic nitrogens is 2. The summed E-state index contributed by atoms with van der Waals surface area (Å²) in [5.41, 5.74) is -1.12. The Labute approximate surface area is 165 Å². The first-order valence-corrected chi connectivity index (χ1v) is 9.65. The number of hydrogen-bond acceptors (Lipinski definition) is 4. The molecule has 1 amide bonds. The Morgan fingerprint density at radius 2 is 1.90 bits per heavy atom. The third-order valence-corrected chi connectivity index (χ3v) is 5.22. The van der Waals surface area contributed by atoms with Gasteiger partial charge in [0.15, 0.2) is 0 Å². The lowest BCUT2D eigenvalue weighted by atomic mass is 9.93. The monoisotopic (exact) mass is 411 g/mol. The molecule has 29 heavy (non-hydrogen) atoms. The van der Waals surface area contributed by atoms with E-state index >= 15 is 0 Å². The van der Waals surface area contributed by atoms with E-state index in [9.17, 15) is 27.9 Å². The van der Waals surface area contributed by atoms with Crippen molar-refractivity contribution < 1.29 is 23.1 Å². The number of carbonyl (C=O) groups excluding carboxylic acids is 1. The maximum atomic E-state index is 13.1. The third-order valence-electron chi connectivity index (χ3n) is 5.22. The molecule has 158 valence electrons. The van der Waals surface area contributed by atoms with Crippen LogP contribution in [-0.4, -0.2) is 32.9 Å². The van der Waals surface area contributed by atoms with Crippen molar-refractivity contribution in [3.05, 3.63) is 39.8 Å². The van der Waals surface area contributed by atoms with E-state index in [2.05, 4.69) is 10.4 Å². The number of fused-ring (bicyclic) bond motifs is 1. The van der Waals surface area contributed by atoms with Gasteiger partial charge in [-0.05, 0) is 49.8 Å². The Bertz CT molecular complexity index is 961. The van der Waals surface area contributed by atoms with E-state index in [1.807, 2.05) is 0 Å². The van der Waals surface area contributed by atoms with Crippen LogP contribution in [0.3, 0.4) is 0 Å². The molecule has 6 nitrogen and oxygen atoms in total. The summed E-state index contributed by atoms with van der Waals surface area (Å²) in [7, 11) is 0. The van der Waals surface area contributed by atoms with Crippen molar-refractivity contribution >= 4 is 16.7 Å². The van der Waals surface area contributed by atoms with Gasteiger partial charge in [0.05, 0.1) is 22.7 Å². The van der Waals surface area contributed by atoms with Gasteiger partial charge in [-0.1, -0.05) is 13.8 Å². The molecule has 1 saturated carbocycles. The van der Waals surface area contributed by atoms with E-state index in [1.165, 1.54) is 0 Å². The number of hydrogen-bond donors (Lipinski definition) is 2. The number of halogens is 3. The van der Waals surface area contributed by atoms with Gasteiger partial charge in [0.2, 0.25) is 5.91 Å². The van der Waals surface area contributed by atoms with Crippen LogP contribution >= 0.6 is 0 Å². The average molecular weight is 411 g/mol. The Morgan fingerprint density at radius 3 is 2.48 bits per heavy atom. The van der Waals surface area contributed by atoms with Gasteiger partial charge in [0.25, 0.3) is 5.56 Å². The number of nitrogens with zero attached hydrogens (tertiary/aromatic N) is 2. The molecule has 1 aliphatic rings. The number of nitrogens with one attached hydrogen (secondary N) is 1. The highest BCUT2D eigenvalue weighted by Crippen LogP contribution is 2.32. The second-order valence-corrected chi connectivity index (χ2v) is 7.83. The molecule has 1 aromatic carbocycles. The number of aliphatic hydroxyl groups is 1. The quantitative estimate of drug-likeness (QED) is 0.810. The van der Waals surface area contributed by atoms with Crippen LogP contribution < -0.4 is 10.9 Å². The lowest BCUT2D eigenvalue weighted by Crippen LogP contribution is -2.42. The largest absolute Gasteiger partial charge is 0.416 e. The predicted molar refractivity (Wildman–Crippen MR) is 101 cm³/mol. The minimum atomic E-state index is -4.52. The summed E-state index contributed by atoms with van der Waals surface area (Å²) in [6.45, 7) is 3.23. The molecule has 1 heterocycles. The van der Waals surface area contributed by atoms with Crippen LogP contribution in [0.2, 0.25) is 0 Å². The van der Waals surface area contributed by atoms with Gasteiger partial charge in [-0.3, -0.25) is 9.59 Å². The summed E-state index contributed by atoms with van der Waals surface area (Å²) in [4.78, 5) is 25.1. The Morgan fingerprint density at radius 1 is 1.24 bits per heavy atom. The fourth-order valence-electron chi connectivity index (χ4n) is 3.65. The number of aliphatic hydroxyl groups excluding tert-OH is 1. The molecule has 1 fully saturated rings. The molecule has 9 heteroatoms. The number of rotatable bonds is 4. The first kappa shape index (κ1) is 21.3. The third kappa shape index (κ3) is 4.77. The molecule has 0 atom stereocenters. The van der Waals surface area contributed by atoms with Gasteiger partial charge in [-0.25, -0.2) is 4.68 Å². The minimum absolute atomic E-state index is 0.0685. The molecule has 0 unspecified atom stereocenters. The summed E-state index contributed by atoms with van der Waals surface area (Å²) in [6.07, 6.45) is -2.33. The van der Waals surface area contributed by atoms with Gasteiger partial charge in [0, 0.05) is 11.4 Å². The molecule has 0 aliphatic heterocycles. The summed E-state index contributed by atoms with van der Waals surface area (Å²) in [6, 6.07) is 2.88. The van der Waals surface area contributed by atoms with Crippen LogP contribution in [0.1, 0.15) is 56.7 Å². The molecular formula is C20H24F3N3O3. The fraction of sp³-hybridized carbons (Fsp3) is 0.550. The van der Waals surface area contributed by atoms with E-state index in [1.54, 1.807) is 13.8 Å². The average Bonchev–Trinajstić information content (AvgIpc) is 2.64. The topological polar surface area (TPSA) is 84.2 Å². The Balaban J connectivity index is 1.91. The van der Waals surface area contributed by atoms with Crippen molar-refractivity contribution in [2.24, 2.45) is 0 Å². The zero-order valence-electron chi connectivity index (χ0n) is 16.3. The fourth-order valence-corrected chi connectivity index (χ4v) is 3.65. The summed E-state index contributed by atoms with van der Waals surface area (Å²) >= 11 is 0. The molecule has 1 aromatic heterocycles. The summed E-state index contributed by atoms with van der Waals surface area (Å²) < 4.78 is 40.2. The molecule has 1 aliphatic carbocycles. The first-order chi connectivity index (χ1) is 13.6. The lowest BCUT2D eigenvalue weighted by molar-refractivity contribution is -0.137. The zero-order chi connectivity index (χ0) is 21.3. The van der Waals surface area contributed by atoms with Crippen LogP contribution in [-0.2, 0) is 17.5 Å². The van der Waals surface area contributed by atoms with Gasteiger partial charge < -0.3 is 10.4 Å². The predicted octanol–water partition coefficient (Wildman–Crippen LogP) is 2.96. The molecule has 0 spiro atoms. The molecule has 2 aromatic rings. The number of benzene rings is 1. The van der Waals surface area contributed by atoms with Gasteiger partial charge in [-0.15, -0.1) is 0 Å². The van der Waals surface area contributed by atoms with Gasteiger partial charge >= 0.3 is 6.18 Å². The molecule has 3 rings (SSSR count). The summed E-state index contributed by atoms with van der Waals surface area (Å²) in [5, 5.41) is 16.8. The van der Waals surface area contributed by atoms with Crippen LogP contribution in [0.15, 0.2) is 23.0 Å². The van der Waals surface area contributed by atoms with Gasteiger partial charge in [0.1, 0.15) is 6.54 Å². The Kier molecular flexibility index (Phi) is 5.97. The summed E-state index contributed by atoms with van der Waals surface area (Å²) in [5.74, 6) is -0.627. The number of alkyl halides is 3. The van der Waals surface area contributed by atoms with Crippen molar-refractivity contribution in [1.29, 1.82) is 0 Å². The standard InChI is InChI=1S/C20H24F3N3O3/c1-11(2)18-16-9-12(20(21,22)23)3-8-15(16)19(29)26(25-18)10-17(28)24-13-4-6-14(27)7-5-13/h3,8-9,11,13-14,27H,4-7,10H2,1-2H3,(H,24,28)/t13-,14-. The molecular weight excluding hydrogens is 387 g/mol.